The molecule has 3 heteroatoms. The maximum Gasteiger partial charge on any atom is 0.102 e. The predicted molar refractivity (Wildman–Crippen MR) is 51.9 cm³/mol. The van der Waals surface area contributed by atoms with E-state index in [2.05, 4.69) is 20.9 Å². The fourth-order valence-electron chi connectivity index (χ4n) is 0.969. The lowest BCUT2D eigenvalue weighted by Gasteiger charge is -2.18. The van der Waals surface area contributed by atoms with Crippen molar-refractivity contribution in [3.05, 3.63) is 28.0 Å². The Morgan fingerprint density at radius 3 is 2.42 bits per heavy atom. The Hall–Kier alpha value is -0.410. The lowest BCUT2D eigenvalue weighted by Crippen LogP contribution is -2.18. The van der Waals surface area contributed by atoms with Gasteiger partial charge in [-0.05, 0) is 48.8 Å². The zero-order chi connectivity index (χ0) is 9.35. The van der Waals surface area contributed by atoms with Crippen LogP contribution in [0.5, 0.6) is 0 Å². The second kappa shape index (κ2) is 3.15. The topological polar surface area (TPSA) is 33.1 Å². The SMILES string of the molecule is Cc1ccc(Br)c(C(C)(C)O)n1. The van der Waals surface area contributed by atoms with Gasteiger partial charge in [-0.25, -0.2) is 0 Å². The molecule has 0 spiro atoms. The van der Waals surface area contributed by atoms with Gasteiger partial charge in [-0.2, -0.15) is 0 Å². The molecule has 1 rings (SSSR count). The van der Waals surface area contributed by atoms with E-state index in [-0.39, 0.29) is 0 Å². The van der Waals surface area contributed by atoms with Crippen molar-refractivity contribution >= 4 is 15.9 Å². The first-order valence-electron chi connectivity index (χ1n) is 3.77. The molecule has 0 aliphatic heterocycles. The van der Waals surface area contributed by atoms with E-state index in [1.807, 2.05) is 19.1 Å². The summed E-state index contributed by atoms with van der Waals surface area (Å²) in [6.45, 7) is 5.35. The van der Waals surface area contributed by atoms with Crippen molar-refractivity contribution in [1.82, 2.24) is 4.98 Å². The van der Waals surface area contributed by atoms with Crippen molar-refractivity contribution in [2.45, 2.75) is 26.4 Å². The summed E-state index contributed by atoms with van der Waals surface area (Å²) < 4.78 is 0.848. The molecule has 0 aliphatic rings. The van der Waals surface area contributed by atoms with Gasteiger partial charge in [-0.3, -0.25) is 4.98 Å². The molecule has 0 atom stereocenters. The smallest absolute Gasteiger partial charge is 0.102 e. The third kappa shape index (κ3) is 2.05. The average molecular weight is 230 g/mol. The zero-order valence-corrected chi connectivity index (χ0v) is 9.01. The first-order chi connectivity index (χ1) is 5.41. The standard InChI is InChI=1S/C9H12BrNO/c1-6-4-5-7(10)8(11-6)9(2,3)12/h4-5,12H,1-3H3. The monoisotopic (exact) mass is 229 g/mol. The molecule has 1 aromatic rings. The summed E-state index contributed by atoms with van der Waals surface area (Å²) in [4.78, 5) is 4.25. The first-order valence-corrected chi connectivity index (χ1v) is 4.56. The van der Waals surface area contributed by atoms with Gasteiger partial charge in [-0.1, -0.05) is 0 Å². The molecule has 0 amide bonds. The molecule has 0 saturated heterocycles. The third-order valence-corrected chi connectivity index (χ3v) is 2.20. The number of halogens is 1. The van der Waals surface area contributed by atoms with Crippen molar-refractivity contribution in [2.75, 3.05) is 0 Å². The van der Waals surface area contributed by atoms with Crippen LogP contribution < -0.4 is 0 Å². The maximum atomic E-state index is 9.70. The largest absolute Gasteiger partial charge is 0.384 e. The molecule has 0 aliphatic carbocycles. The number of aliphatic hydroxyl groups is 1. The lowest BCUT2D eigenvalue weighted by atomic mass is 10.0. The minimum absolute atomic E-state index is 0.683. The molecule has 0 bridgehead atoms. The highest BCUT2D eigenvalue weighted by atomic mass is 79.9. The Morgan fingerprint density at radius 1 is 1.42 bits per heavy atom. The summed E-state index contributed by atoms with van der Waals surface area (Å²) in [7, 11) is 0. The molecule has 2 nitrogen and oxygen atoms in total. The summed E-state index contributed by atoms with van der Waals surface area (Å²) in [5.74, 6) is 0. The van der Waals surface area contributed by atoms with E-state index in [1.165, 1.54) is 0 Å². The second-order valence-electron chi connectivity index (χ2n) is 3.34. The van der Waals surface area contributed by atoms with Crippen LogP contribution in [-0.4, -0.2) is 10.1 Å². The molecule has 0 saturated carbocycles. The summed E-state index contributed by atoms with van der Waals surface area (Å²) >= 11 is 3.34. The Bertz CT molecular complexity index is 291. The van der Waals surface area contributed by atoms with E-state index in [4.69, 9.17) is 0 Å². The van der Waals surface area contributed by atoms with E-state index < -0.39 is 5.60 Å². The Morgan fingerprint density at radius 2 is 2.00 bits per heavy atom. The number of aryl methyl sites for hydroxylation is 1. The highest BCUT2D eigenvalue weighted by Gasteiger charge is 2.20. The quantitative estimate of drug-likeness (QED) is 0.803. The van der Waals surface area contributed by atoms with Gasteiger partial charge in [0.25, 0.3) is 0 Å². The number of rotatable bonds is 1. The normalized spacial score (nSPS) is 11.8. The number of nitrogens with zero attached hydrogens (tertiary/aromatic N) is 1. The summed E-state index contributed by atoms with van der Waals surface area (Å²) in [5, 5.41) is 9.70. The minimum Gasteiger partial charge on any atom is -0.384 e. The molecule has 1 aromatic heterocycles. The zero-order valence-electron chi connectivity index (χ0n) is 7.43. The molecule has 1 N–H and O–H groups in total. The summed E-state index contributed by atoms with van der Waals surface area (Å²) in [5.41, 5.74) is 0.711. The van der Waals surface area contributed by atoms with Crippen LogP contribution >= 0.6 is 15.9 Å². The van der Waals surface area contributed by atoms with Crippen molar-refractivity contribution in [2.24, 2.45) is 0 Å². The third-order valence-electron chi connectivity index (χ3n) is 1.56. The number of aromatic nitrogens is 1. The van der Waals surface area contributed by atoms with Crippen molar-refractivity contribution < 1.29 is 5.11 Å². The molecule has 0 aromatic carbocycles. The van der Waals surface area contributed by atoms with E-state index in [9.17, 15) is 5.11 Å². The fraction of sp³-hybridized carbons (Fsp3) is 0.444. The molecule has 12 heavy (non-hydrogen) atoms. The van der Waals surface area contributed by atoms with Gasteiger partial charge in [0.2, 0.25) is 0 Å². The van der Waals surface area contributed by atoms with Crippen molar-refractivity contribution in [3.8, 4) is 0 Å². The lowest BCUT2D eigenvalue weighted by molar-refractivity contribution is 0.0728. The molecular weight excluding hydrogens is 218 g/mol. The fourth-order valence-corrected chi connectivity index (χ4v) is 1.67. The van der Waals surface area contributed by atoms with Gasteiger partial charge in [0.05, 0.1) is 5.69 Å². The van der Waals surface area contributed by atoms with E-state index in [0.717, 1.165) is 10.2 Å². The summed E-state index contributed by atoms with van der Waals surface area (Å²) in [6, 6.07) is 3.80. The van der Waals surface area contributed by atoms with Crippen LogP contribution in [-0.2, 0) is 5.60 Å². The van der Waals surface area contributed by atoms with Crippen LogP contribution in [0.1, 0.15) is 25.2 Å². The van der Waals surface area contributed by atoms with Crippen LogP contribution in [0.3, 0.4) is 0 Å². The van der Waals surface area contributed by atoms with Gasteiger partial charge in [0.1, 0.15) is 5.60 Å². The highest BCUT2D eigenvalue weighted by Crippen LogP contribution is 2.25. The first kappa shape index (κ1) is 9.68. The van der Waals surface area contributed by atoms with Gasteiger partial charge >= 0.3 is 0 Å². The van der Waals surface area contributed by atoms with Gasteiger partial charge in [0.15, 0.2) is 0 Å². The van der Waals surface area contributed by atoms with E-state index in [0.29, 0.717) is 5.69 Å². The molecule has 0 fully saturated rings. The van der Waals surface area contributed by atoms with Crippen LogP contribution in [0.15, 0.2) is 16.6 Å². The van der Waals surface area contributed by atoms with Gasteiger partial charge < -0.3 is 5.11 Å². The Balaban J connectivity index is 3.23. The van der Waals surface area contributed by atoms with E-state index >= 15 is 0 Å². The van der Waals surface area contributed by atoms with Crippen LogP contribution in [0.25, 0.3) is 0 Å². The van der Waals surface area contributed by atoms with Crippen molar-refractivity contribution in [1.29, 1.82) is 0 Å². The molecule has 0 unspecified atom stereocenters. The number of hydrogen-bond acceptors (Lipinski definition) is 2. The minimum atomic E-state index is -0.884. The summed E-state index contributed by atoms with van der Waals surface area (Å²) in [6.07, 6.45) is 0. The maximum absolute atomic E-state index is 9.70. The second-order valence-corrected chi connectivity index (χ2v) is 4.20. The van der Waals surface area contributed by atoms with Crippen LogP contribution in [0.4, 0.5) is 0 Å². The van der Waals surface area contributed by atoms with Gasteiger partial charge in [0, 0.05) is 10.2 Å². The number of hydrogen-bond donors (Lipinski definition) is 1. The van der Waals surface area contributed by atoms with E-state index in [1.54, 1.807) is 13.8 Å². The van der Waals surface area contributed by atoms with Crippen LogP contribution in [0, 0.1) is 6.92 Å². The molecular formula is C9H12BrNO. The molecule has 0 radical (unpaired) electrons. The van der Waals surface area contributed by atoms with Crippen molar-refractivity contribution in [3.63, 3.8) is 0 Å². The number of pyridine rings is 1. The van der Waals surface area contributed by atoms with Gasteiger partial charge in [-0.15, -0.1) is 0 Å². The Kier molecular flexibility index (Phi) is 2.54. The Labute approximate surface area is 80.8 Å². The van der Waals surface area contributed by atoms with Crippen LogP contribution in [0.2, 0.25) is 0 Å². The molecule has 1 heterocycles. The molecule has 66 valence electrons. The predicted octanol–water partition coefficient (Wildman–Crippen LogP) is 2.38. The average Bonchev–Trinajstić information content (AvgIpc) is 1.92. The highest BCUT2D eigenvalue weighted by molar-refractivity contribution is 9.10.